The van der Waals surface area contributed by atoms with Crippen molar-refractivity contribution >= 4 is 28.9 Å². The lowest BCUT2D eigenvalue weighted by molar-refractivity contribution is -0.119. The number of anilines is 1. The molecule has 0 radical (unpaired) electrons. The molecular formula is C11H14N2O2S. The summed E-state index contributed by atoms with van der Waals surface area (Å²) < 4.78 is 0. The summed E-state index contributed by atoms with van der Waals surface area (Å²) in [6, 6.07) is 5.11. The fourth-order valence-electron chi connectivity index (χ4n) is 1.12. The van der Waals surface area contributed by atoms with Crippen molar-refractivity contribution < 1.29 is 9.90 Å². The van der Waals surface area contributed by atoms with E-state index in [1.165, 1.54) is 0 Å². The lowest BCUT2D eigenvalue weighted by Crippen LogP contribution is -2.33. The predicted molar refractivity (Wildman–Crippen MR) is 67.5 cm³/mol. The first-order chi connectivity index (χ1) is 7.52. The van der Waals surface area contributed by atoms with Crippen LogP contribution in [0.15, 0.2) is 18.2 Å². The minimum atomic E-state index is -0.162. The maximum absolute atomic E-state index is 11.1. The van der Waals surface area contributed by atoms with Gasteiger partial charge in [0.15, 0.2) is 5.11 Å². The largest absolute Gasteiger partial charge is 0.506 e. The summed E-state index contributed by atoms with van der Waals surface area (Å²) in [5.41, 5.74) is 1.48. The fourth-order valence-corrected chi connectivity index (χ4v) is 1.34. The number of carbonyl (C=O) groups is 1. The Bertz CT molecular complexity index is 418. The third-order valence-electron chi connectivity index (χ3n) is 1.97. The average molecular weight is 238 g/mol. The van der Waals surface area contributed by atoms with Gasteiger partial charge < -0.3 is 15.7 Å². The van der Waals surface area contributed by atoms with Gasteiger partial charge >= 0.3 is 0 Å². The maximum Gasteiger partial charge on any atom is 0.225 e. The van der Waals surface area contributed by atoms with Gasteiger partial charge in [0, 0.05) is 6.42 Å². The van der Waals surface area contributed by atoms with Gasteiger partial charge in [0.05, 0.1) is 5.69 Å². The highest BCUT2D eigenvalue weighted by atomic mass is 32.1. The van der Waals surface area contributed by atoms with E-state index >= 15 is 0 Å². The van der Waals surface area contributed by atoms with Gasteiger partial charge in [0.2, 0.25) is 5.91 Å². The molecule has 86 valence electrons. The summed E-state index contributed by atoms with van der Waals surface area (Å²) in [6.07, 6.45) is 0.363. The van der Waals surface area contributed by atoms with Crippen LogP contribution in [0.3, 0.4) is 0 Å². The molecule has 3 N–H and O–H groups in total. The summed E-state index contributed by atoms with van der Waals surface area (Å²) in [5, 5.41) is 15.0. The molecule has 0 aliphatic carbocycles. The Labute approximate surface area is 99.7 Å². The van der Waals surface area contributed by atoms with Crippen LogP contribution in [0.5, 0.6) is 5.75 Å². The topological polar surface area (TPSA) is 61.4 Å². The van der Waals surface area contributed by atoms with Crippen molar-refractivity contribution in [2.75, 3.05) is 5.32 Å². The number of phenols is 1. The minimum Gasteiger partial charge on any atom is -0.506 e. The van der Waals surface area contributed by atoms with Gasteiger partial charge in [-0.15, -0.1) is 0 Å². The molecule has 0 bridgehead atoms. The van der Waals surface area contributed by atoms with Crippen LogP contribution in [-0.2, 0) is 4.79 Å². The van der Waals surface area contributed by atoms with E-state index in [2.05, 4.69) is 10.6 Å². The Hall–Kier alpha value is -1.62. The number of hydrogen-bond acceptors (Lipinski definition) is 3. The smallest absolute Gasteiger partial charge is 0.225 e. The third-order valence-corrected chi connectivity index (χ3v) is 2.18. The number of thiocarbonyl (C=S) groups is 1. The van der Waals surface area contributed by atoms with Crippen molar-refractivity contribution in [3.63, 3.8) is 0 Å². The Morgan fingerprint density at radius 2 is 2.19 bits per heavy atom. The zero-order valence-electron chi connectivity index (χ0n) is 9.20. The van der Waals surface area contributed by atoms with E-state index in [1.807, 2.05) is 6.92 Å². The first kappa shape index (κ1) is 12.4. The second-order valence-corrected chi connectivity index (χ2v) is 3.78. The highest BCUT2D eigenvalue weighted by Gasteiger charge is 2.05. The van der Waals surface area contributed by atoms with Crippen molar-refractivity contribution in [2.24, 2.45) is 0 Å². The minimum absolute atomic E-state index is 0.0960. The third kappa shape index (κ3) is 3.51. The summed E-state index contributed by atoms with van der Waals surface area (Å²) in [4.78, 5) is 11.1. The molecule has 16 heavy (non-hydrogen) atoms. The number of amides is 1. The molecule has 0 saturated heterocycles. The van der Waals surface area contributed by atoms with Gasteiger partial charge in [-0.1, -0.05) is 13.0 Å². The molecule has 0 aromatic heterocycles. The highest BCUT2D eigenvalue weighted by Crippen LogP contribution is 2.23. The number of aromatic hydroxyl groups is 1. The number of hydrogen-bond donors (Lipinski definition) is 3. The molecule has 1 aromatic carbocycles. The summed E-state index contributed by atoms with van der Waals surface area (Å²) in [5.74, 6) is -0.0664. The normalized spacial score (nSPS) is 9.62. The van der Waals surface area contributed by atoms with Crippen LogP contribution < -0.4 is 10.6 Å². The lowest BCUT2D eigenvalue weighted by Gasteiger charge is -2.10. The Morgan fingerprint density at radius 1 is 1.50 bits per heavy atom. The molecular weight excluding hydrogens is 224 g/mol. The number of aryl methyl sites for hydroxylation is 1. The van der Waals surface area contributed by atoms with E-state index in [0.717, 1.165) is 5.56 Å². The molecule has 0 unspecified atom stereocenters. The van der Waals surface area contributed by atoms with Crippen molar-refractivity contribution in [1.82, 2.24) is 5.32 Å². The highest BCUT2D eigenvalue weighted by molar-refractivity contribution is 7.80. The number of phenolic OH excluding ortho intramolecular Hbond substituents is 1. The number of carbonyl (C=O) groups excluding carboxylic acids is 1. The van der Waals surface area contributed by atoms with Gasteiger partial charge in [-0.25, -0.2) is 0 Å². The van der Waals surface area contributed by atoms with E-state index in [0.29, 0.717) is 12.1 Å². The monoisotopic (exact) mass is 238 g/mol. The van der Waals surface area contributed by atoms with E-state index < -0.39 is 0 Å². The van der Waals surface area contributed by atoms with Crippen LogP contribution in [-0.4, -0.2) is 16.1 Å². The predicted octanol–water partition coefficient (Wildman–Crippen LogP) is 1.92. The van der Waals surface area contributed by atoms with E-state index in [9.17, 15) is 9.90 Å². The van der Waals surface area contributed by atoms with Crippen LogP contribution >= 0.6 is 12.2 Å². The van der Waals surface area contributed by atoms with Crippen molar-refractivity contribution in [3.8, 4) is 5.75 Å². The van der Waals surface area contributed by atoms with Crippen LogP contribution in [0.4, 0.5) is 5.69 Å². The SMILES string of the molecule is CCC(=O)NC(=S)Nc1cc(C)ccc1O. The molecule has 1 amide bonds. The second kappa shape index (κ2) is 5.46. The molecule has 4 nitrogen and oxygen atoms in total. The van der Waals surface area contributed by atoms with E-state index in [4.69, 9.17) is 12.2 Å². The molecule has 0 aliphatic rings. The number of benzene rings is 1. The summed E-state index contributed by atoms with van der Waals surface area (Å²) in [7, 11) is 0. The van der Waals surface area contributed by atoms with Gasteiger partial charge in [-0.05, 0) is 36.8 Å². The molecule has 0 aliphatic heterocycles. The number of rotatable bonds is 2. The molecule has 1 aromatic rings. The zero-order chi connectivity index (χ0) is 12.1. The zero-order valence-corrected chi connectivity index (χ0v) is 10.0. The van der Waals surface area contributed by atoms with Crippen LogP contribution in [0.1, 0.15) is 18.9 Å². The quantitative estimate of drug-likeness (QED) is 0.544. The molecule has 5 heteroatoms. The number of nitrogens with one attached hydrogen (secondary N) is 2. The van der Waals surface area contributed by atoms with Crippen LogP contribution in [0.25, 0.3) is 0 Å². The summed E-state index contributed by atoms with van der Waals surface area (Å²) in [6.45, 7) is 3.64. The van der Waals surface area contributed by atoms with E-state index in [-0.39, 0.29) is 16.8 Å². The molecule has 0 saturated carbocycles. The molecule has 0 heterocycles. The van der Waals surface area contributed by atoms with Crippen LogP contribution in [0, 0.1) is 6.92 Å². The molecule has 0 fully saturated rings. The van der Waals surface area contributed by atoms with E-state index in [1.54, 1.807) is 25.1 Å². The standard InChI is InChI=1S/C11H14N2O2S/c1-3-10(15)13-11(16)12-8-6-7(2)4-5-9(8)14/h4-6,14H,3H2,1-2H3,(H2,12,13,15,16). The van der Waals surface area contributed by atoms with Crippen molar-refractivity contribution in [2.45, 2.75) is 20.3 Å². The van der Waals surface area contributed by atoms with Crippen LogP contribution in [0.2, 0.25) is 0 Å². The van der Waals surface area contributed by atoms with Gasteiger partial charge in [0.1, 0.15) is 5.75 Å². The van der Waals surface area contributed by atoms with Gasteiger partial charge in [-0.2, -0.15) is 0 Å². The average Bonchev–Trinajstić information content (AvgIpc) is 2.23. The summed E-state index contributed by atoms with van der Waals surface area (Å²) >= 11 is 4.93. The lowest BCUT2D eigenvalue weighted by atomic mass is 10.2. The maximum atomic E-state index is 11.1. The first-order valence-electron chi connectivity index (χ1n) is 4.93. The van der Waals surface area contributed by atoms with Gasteiger partial charge in [-0.3, -0.25) is 4.79 Å². The Morgan fingerprint density at radius 3 is 2.81 bits per heavy atom. The van der Waals surface area contributed by atoms with Gasteiger partial charge in [0.25, 0.3) is 0 Å². The first-order valence-corrected chi connectivity index (χ1v) is 5.34. The molecule has 1 rings (SSSR count). The Kier molecular flexibility index (Phi) is 4.25. The molecule has 0 atom stereocenters. The van der Waals surface area contributed by atoms with Crippen molar-refractivity contribution in [3.05, 3.63) is 23.8 Å². The molecule has 0 spiro atoms. The second-order valence-electron chi connectivity index (χ2n) is 3.38. The Balaban J connectivity index is 2.69. The van der Waals surface area contributed by atoms with Crippen molar-refractivity contribution in [1.29, 1.82) is 0 Å². The fraction of sp³-hybridized carbons (Fsp3) is 0.273.